The Morgan fingerprint density at radius 2 is 2.05 bits per heavy atom. The Morgan fingerprint density at radius 3 is 2.72 bits per heavy atom. The van der Waals surface area contributed by atoms with Gasteiger partial charge in [-0.1, -0.05) is 25.4 Å². The molecular formula is C26H32BrClN6O5. The van der Waals surface area contributed by atoms with Gasteiger partial charge in [-0.2, -0.15) is 4.98 Å². The summed E-state index contributed by atoms with van der Waals surface area (Å²) in [6.07, 6.45) is 1.06. The second-order valence-electron chi connectivity index (χ2n) is 10.7. The summed E-state index contributed by atoms with van der Waals surface area (Å²) in [4.78, 5) is 40.0. The number of aromatic nitrogens is 4. The number of hydrogen-bond donors (Lipinski definition) is 2. The lowest BCUT2D eigenvalue weighted by molar-refractivity contribution is 0.0178. The molecule has 0 unspecified atom stereocenters. The molecule has 39 heavy (non-hydrogen) atoms. The molecule has 13 heteroatoms. The van der Waals surface area contributed by atoms with Crippen LogP contribution >= 0.6 is 27.5 Å². The highest BCUT2D eigenvalue weighted by Crippen LogP contribution is 2.43. The minimum atomic E-state index is -0.693. The number of piperazine rings is 1. The van der Waals surface area contributed by atoms with E-state index in [9.17, 15) is 14.7 Å². The highest BCUT2D eigenvalue weighted by molar-refractivity contribution is 9.10. The number of benzene rings is 1. The molecule has 3 heterocycles. The maximum atomic E-state index is 13.2. The van der Waals surface area contributed by atoms with Crippen molar-refractivity contribution in [1.82, 2.24) is 29.7 Å². The number of carbonyl (C=O) groups is 1. The summed E-state index contributed by atoms with van der Waals surface area (Å²) in [7, 11) is 0. The van der Waals surface area contributed by atoms with Crippen LogP contribution in [0.5, 0.6) is 11.6 Å². The quantitative estimate of drug-likeness (QED) is 0.427. The molecule has 1 amide bonds. The number of nitrogens with one attached hydrogen (secondary N) is 1. The molecule has 0 aliphatic carbocycles. The third-order valence-electron chi connectivity index (χ3n) is 6.15. The van der Waals surface area contributed by atoms with Crippen molar-refractivity contribution in [2.75, 3.05) is 26.2 Å². The van der Waals surface area contributed by atoms with Crippen LogP contribution in [0.25, 0.3) is 16.6 Å². The zero-order chi connectivity index (χ0) is 28.6. The molecule has 0 saturated carbocycles. The lowest BCUT2D eigenvalue weighted by Gasteiger charge is -2.34. The smallest absolute Gasteiger partial charge is 0.410 e. The van der Waals surface area contributed by atoms with Gasteiger partial charge in [-0.25, -0.2) is 19.6 Å². The van der Waals surface area contributed by atoms with Crippen molar-refractivity contribution in [2.45, 2.75) is 59.1 Å². The lowest BCUT2D eigenvalue weighted by Crippen LogP contribution is -2.55. The van der Waals surface area contributed by atoms with Gasteiger partial charge in [0, 0.05) is 24.1 Å². The van der Waals surface area contributed by atoms with Gasteiger partial charge in [0.05, 0.1) is 33.7 Å². The van der Waals surface area contributed by atoms with Crippen LogP contribution in [0.15, 0.2) is 21.7 Å². The molecule has 0 radical (unpaired) electrons. The minimum absolute atomic E-state index is 0.0193. The van der Waals surface area contributed by atoms with Crippen molar-refractivity contribution in [3.63, 3.8) is 0 Å². The summed E-state index contributed by atoms with van der Waals surface area (Å²) in [5, 5.41) is 14.5. The summed E-state index contributed by atoms with van der Waals surface area (Å²) >= 11 is 10.1. The Morgan fingerprint density at radius 1 is 1.33 bits per heavy atom. The topological polar surface area (TPSA) is 132 Å². The molecule has 210 valence electrons. The molecule has 2 N–H and O–H groups in total. The number of nitrogens with zero attached hydrogens (tertiary/aromatic N) is 5. The molecule has 1 aliphatic heterocycles. The number of fused-ring (bicyclic) bond motifs is 1. The number of aromatic hydroxyl groups is 1. The highest BCUT2D eigenvalue weighted by Gasteiger charge is 2.29. The average molecular weight is 624 g/mol. The molecular weight excluding hydrogens is 592 g/mol. The molecule has 1 atom stereocenters. The van der Waals surface area contributed by atoms with Crippen LogP contribution in [0.1, 0.15) is 51.9 Å². The first-order valence-electron chi connectivity index (χ1n) is 12.6. The van der Waals surface area contributed by atoms with E-state index in [-0.39, 0.29) is 34.7 Å². The molecule has 1 aromatic carbocycles. The summed E-state index contributed by atoms with van der Waals surface area (Å²) in [5.74, 6) is -0.381. The predicted octanol–water partition coefficient (Wildman–Crippen LogP) is 4.32. The van der Waals surface area contributed by atoms with Crippen molar-refractivity contribution in [2.24, 2.45) is 0 Å². The highest BCUT2D eigenvalue weighted by atomic mass is 79.9. The van der Waals surface area contributed by atoms with Crippen LogP contribution in [0.3, 0.4) is 0 Å². The first-order chi connectivity index (χ1) is 18.3. The van der Waals surface area contributed by atoms with Crippen molar-refractivity contribution < 1.29 is 19.4 Å². The van der Waals surface area contributed by atoms with Gasteiger partial charge < -0.3 is 24.8 Å². The van der Waals surface area contributed by atoms with E-state index in [1.807, 2.05) is 34.6 Å². The Kier molecular flexibility index (Phi) is 8.38. The van der Waals surface area contributed by atoms with Gasteiger partial charge in [-0.15, -0.1) is 0 Å². The van der Waals surface area contributed by atoms with Gasteiger partial charge in [0.25, 0.3) is 0 Å². The van der Waals surface area contributed by atoms with E-state index in [1.54, 1.807) is 17.9 Å². The van der Waals surface area contributed by atoms with Gasteiger partial charge in [-0.05, 0) is 55.6 Å². The second kappa shape index (κ2) is 11.3. The number of carbonyl (C=O) groups excluding carboxylic acids is 1. The predicted molar refractivity (Wildman–Crippen MR) is 151 cm³/mol. The molecule has 2 aromatic heterocycles. The summed E-state index contributed by atoms with van der Waals surface area (Å²) in [6.45, 7) is 12.7. The molecule has 11 nitrogen and oxygen atoms in total. The molecule has 1 saturated heterocycles. The number of aryl methyl sites for hydroxylation is 1. The zero-order valence-corrected chi connectivity index (χ0v) is 25.1. The van der Waals surface area contributed by atoms with E-state index in [0.29, 0.717) is 46.7 Å². The number of hydrogen-bond acceptors (Lipinski definition) is 9. The van der Waals surface area contributed by atoms with Gasteiger partial charge in [-0.3, -0.25) is 4.57 Å². The first-order valence-corrected chi connectivity index (χ1v) is 13.7. The summed E-state index contributed by atoms with van der Waals surface area (Å²) in [6, 6.07) is 1.39. The van der Waals surface area contributed by atoms with Crippen LogP contribution in [0.4, 0.5) is 4.79 Å². The second-order valence-corrected chi connectivity index (χ2v) is 11.9. The van der Waals surface area contributed by atoms with Crippen LogP contribution in [-0.4, -0.2) is 73.5 Å². The van der Waals surface area contributed by atoms with Crippen LogP contribution < -0.4 is 15.7 Å². The molecule has 4 rings (SSSR count). The van der Waals surface area contributed by atoms with Gasteiger partial charge in [0.2, 0.25) is 5.88 Å². The van der Waals surface area contributed by atoms with Gasteiger partial charge in [0.1, 0.15) is 23.9 Å². The Labute approximate surface area is 239 Å². The molecule has 1 fully saturated rings. The Bertz CT molecular complexity index is 1470. The SMILES string of the molecule is Cc1ncnc(C(C)C)c1-n1c(=O)nc(O)c2c(OC[C@@H]3CN(C(=O)OC(C)(C)C)CCN3)c(Cl)c(Br)cc21. The molecule has 1 aliphatic rings. The van der Waals surface area contributed by atoms with Crippen LogP contribution in [-0.2, 0) is 4.74 Å². The third kappa shape index (κ3) is 6.12. The first kappa shape index (κ1) is 29.0. The number of halogens is 2. The molecule has 0 bridgehead atoms. The standard InChI is InChI=1S/C26H32BrClN6O5/c1-13(2)20-21(14(3)30-12-31-20)34-17-9-16(27)19(28)22(18(17)23(35)32-24(34)36)38-11-15-10-33(8-7-29-15)25(37)39-26(4,5)6/h9,12-13,15,29H,7-8,10-11H2,1-6H3,(H,32,35,36)/t15-/m0/s1. The molecule has 3 aromatic rings. The maximum Gasteiger partial charge on any atom is 0.410 e. The van der Waals surface area contributed by atoms with Crippen molar-refractivity contribution in [1.29, 1.82) is 0 Å². The Hall–Kier alpha value is -2.96. The van der Waals surface area contributed by atoms with Crippen molar-refractivity contribution in [3.05, 3.63) is 43.8 Å². The van der Waals surface area contributed by atoms with E-state index in [4.69, 9.17) is 21.1 Å². The van der Waals surface area contributed by atoms with Crippen molar-refractivity contribution in [3.8, 4) is 17.3 Å². The van der Waals surface area contributed by atoms with E-state index < -0.39 is 23.3 Å². The molecule has 0 spiro atoms. The monoisotopic (exact) mass is 622 g/mol. The minimum Gasteiger partial charge on any atom is -0.493 e. The fourth-order valence-electron chi connectivity index (χ4n) is 4.43. The summed E-state index contributed by atoms with van der Waals surface area (Å²) < 4.78 is 13.5. The van der Waals surface area contributed by atoms with E-state index >= 15 is 0 Å². The zero-order valence-electron chi connectivity index (χ0n) is 22.7. The van der Waals surface area contributed by atoms with E-state index in [0.717, 1.165) is 0 Å². The average Bonchev–Trinajstić information content (AvgIpc) is 2.84. The number of amides is 1. The Balaban J connectivity index is 1.75. The van der Waals surface area contributed by atoms with Crippen LogP contribution in [0.2, 0.25) is 5.02 Å². The normalized spacial score (nSPS) is 16.1. The fraction of sp³-hybridized carbons (Fsp3) is 0.500. The maximum absolute atomic E-state index is 13.2. The van der Waals surface area contributed by atoms with Crippen LogP contribution in [0, 0.1) is 6.92 Å². The third-order valence-corrected chi connectivity index (χ3v) is 7.38. The van der Waals surface area contributed by atoms with Gasteiger partial charge in [0.15, 0.2) is 5.75 Å². The summed E-state index contributed by atoms with van der Waals surface area (Å²) in [5.41, 5.74) is 0.742. The lowest BCUT2D eigenvalue weighted by atomic mass is 10.1. The number of rotatable bonds is 5. The van der Waals surface area contributed by atoms with E-state index in [1.165, 1.54) is 10.9 Å². The fourth-order valence-corrected chi connectivity index (χ4v) is 5.03. The van der Waals surface area contributed by atoms with Crippen molar-refractivity contribution >= 4 is 44.5 Å². The number of ether oxygens (including phenoxy) is 2. The van der Waals surface area contributed by atoms with E-state index in [2.05, 4.69) is 36.2 Å². The largest absolute Gasteiger partial charge is 0.493 e. The van der Waals surface area contributed by atoms with Gasteiger partial charge >= 0.3 is 11.8 Å².